The Hall–Kier alpha value is -5.94. The lowest BCUT2D eigenvalue weighted by molar-refractivity contribution is 1.07. The van der Waals surface area contributed by atoms with Crippen molar-refractivity contribution in [2.75, 3.05) is 0 Å². The first kappa shape index (κ1) is 26.7. The first-order valence-corrected chi connectivity index (χ1v) is 15.1. The summed E-state index contributed by atoms with van der Waals surface area (Å²) in [6.07, 6.45) is 1.84. The highest BCUT2D eigenvalue weighted by Gasteiger charge is 2.19. The van der Waals surface area contributed by atoms with E-state index >= 15 is 0 Å². The number of nitrogens with zero attached hydrogens (tertiary/aromatic N) is 5. The van der Waals surface area contributed by atoms with Crippen molar-refractivity contribution >= 4 is 21.8 Å². The maximum absolute atomic E-state index is 5.03. The molecular formula is C40H29N5. The molecular weight excluding hydrogens is 550 g/mol. The highest BCUT2D eigenvalue weighted by Crippen LogP contribution is 2.38. The van der Waals surface area contributed by atoms with Gasteiger partial charge in [0.1, 0.15) is 0 Å². The van der Waals surface area contributed by atoms with Crippen LogP contribution in [0.5, 0.6) is 0 Å². The number of fused-ring (bicyclic) bond motifs is 3. The van der Waals surface area contributed by atoms with Crippen molar-refractivity contribution in [2.45, 2.75) is 13.8 Å². The first-order chi connectivity index (χ1) is 22.1. The normalized spacial score (nSPS) is 11.3. The quantitative estimate of drug-likeness (QED) is 0.204. The van der Waals surface area contributed by atoms with Crippen LogP contribution in [0.25, 0.3) is 72.9 Å². The summed E-state index contributed by atoms with van der Waals surface area (Å²) in [5.74, 6) is 1.89. The van der Waals surface area contributed by atoms with Crippen molar-refractivity contribution in [1.29, 1.82) is 0 Å². The molecule has 5 heteroatoms. The van der Waals surface area contributed by atoms with E-state index in [1.165, 1.54) is 21.9 Å². The van der Waals surface area contributed by atoms with Crippen LogP contribution in [0.3, 0.4) is 0 Å². The van der Waals surface area contributed by atoms with Gasteiger partial charge in [-0.15, -0.1) is 0 Å². The van der Waals surface area contributed by atoms with Crippen LogP contribution in [-0.4, -0.2) is 24.5 Å². The van der Waals surface area contributed by atoms with Gasteiger partial charge in [0.15, 0.2) is 17.5 Å². The predicted molar refractivity (Wildman–Crippen MR) is 183 cm³/mol. The molecule has 0 radical (unpaired) electrons. The zero-order chi connectivity index (χ0) is 30.3. The minimum absolute atomic E-state index is 0.615. The molecule has 0 aliphatic carbocycles. The first-order valence-electron chi connectivity index (χ1n) is 15.1. The van der Waals surface area contributed by atoms with Gasteiger partial charge in [-0.2, -0.15) is 0 Å². The van der Waals surface area contributed by atoms with Crippen molar-refractivity contribution in [2.24, 2.45) is 0 Å². The molecule has 0 unspecified atom stereocenters. The van der Waals surface area contributed by atoms with Crippen molar-refractivity contribution in [3.63, 3.8) is 0 Å². The number of aryl methyl sites for hydroxylation is 2. The van der Waals surface area contributed by atoms with E-state index in [-0.39, 0.29) is 0 Å². The summed E-state index contributed by atoms with van der Waals surface area (Å²) >= 11 is 0. The van der Waals surface area contributed by atoms with E-state index in [1.54, 1.807) is 0 Å². The van der Waals surface area contributed by atoms with Crippen LogP contribution >= 0.6 is 0 Å². The molecule has 5 nitrogen and oxygen atoms in total. The molecule has 8 aromatic rings. The molecule has 0 aliphatic rings. The Morgan fingerprint density at radius 2 is 1.00 bits per heavy atom. The van der Waals surface area contributed by atoms with Crippen LogP contribution in [0, 0.1) is 13.8 Å². The fourth-order valence-corrected chi connectivity index (χ4v) is 6.03. The third kappa shape index (κ3) is 4.85. The van der Waals surface area contributed by atoms with E-state index in [2.05, 4.69) is 79.1 Å². The molecule has 214 valence electrons. The van der Waals surface area contributed by atoms with Crippen LogP contribution < -0.4 is 0 Å². The second-order valence-electron chi connectivity index (χ2n) is 11.4. The van der Waals surface area contributed by atoms with Crippen LogP contribution in [0.1, 0.15) is 11.1 Å². The van der Waals surface area contributed by atoms with Crippen molar-refractivity contribution in [1.82, 2.24) is 24.5 Å². The summed E-state index contributed by atoms with van der Waals surface area (Å²) < 4.78 is 2.37. The molecule has 0 bridgehead atoms. The highest BCUT2D eigenvalue weighted by molar-refractivity contribution is 6.10. The van der Waals surface area contributed by atoms with Gasteiger partial charge in [0.2, 0.25) is 0 Å². The molecule has 0 aliphatic heterocycles. The lowest BCUT2D eigenvalue weighted by atomic mass is 10.0. The summed E-state index contributed by atoms with van der Waals surface area (Å²) in [5.41, 5.74) is 10.4. The summed E-state index contributed by atoms with van der Waals surface area (Å²) in [6, 6.07) is 46.0. The molecule has 0 amide bonds. The van der Waals surface area contributed by atoms with Gasteiger partial charge in [-0.3, -0.25) is 4.98 Å². The fourth-order valence-electron chi connectivity index (χ4n) is 6.03. The second kappa shape index (κ2) is 11.0. The average Bonchev–Trinajstić information content (AvgIpc) is 3.41. The molecule has 0 saturated carbocycles. The maximum atomic E-state index is 5.03. The third-order valence-electron chi connectivity index (χ3n) is 8.22. The lowest BCUT2D eigenvalue weighted by Gasteiger charge is -2.16. The number of benzene rings is 5. The van der Waals surface area contributed by atoms with Gasteiger partial charge in [0.05, 0.1) is 22.4 Å². The molecule has 0 atom stereocenters. The largest absolute Gasteiger partial charge is 0.309 e. The average molecular weight is 580 g/mol. The highest BCUT2D eigenvalue weighted by atomic mass is 15.0. The van der Waals surface area contributed by atoms with Gasteiger partial charge in [-0.1, -0.05) is 97.1 Å². The summed E-state index contributed by atoms with van der Waals surface area (Å²) in [4.78, 5) is 19.7. The molecule has 8 rings (SSSR count). The molecule has 0 N–H and O–H groups in total. The molecule has 0 fully saturated rings. The Kier molecular flexibility index (Phi) is 6.50. The van der Waals surface area contributed by atoms with Crippen LogP contribution in [0.4, 0.5) is 0 Å². The zero-order valence-electron chi connectivity index (χ0n) is 25.0. The van der Waals surface area contributed by atoms with E-state index < -0.39 is 0 Å². The van der Waals surface area contributed by atoms with Gasteiger partial charge in [-0.25, -0.2) is 15.0 Å². The Morgan fingerprint density at radius 3 is 1.53 bits per heavy atom. The van der Waals surface area contributed by atoms with E-state index in [0.717, 1.165) is 44.7 Å². The minimum Gasteiger partial charge on any atom is -0.309 e. The summed E-state index contributed by atoms with van der Waals surface area (Å²) in [5, 5.41) is 2.43. The fraction of sp³-hybridized carbons (Fsp3) is 0.0500. The molecule has 3 aromatic heterocycles. The molecule has 3 heterocycles. The predicted octanol–water partition coefficient (Wildman–Crippen LogP) is 9.65. The van der Waals surface area contributed by atoms with Crippen molar-refractivity contribution < 1.29 is 0 Å². The van der Waals surface area contributed by atoms with Gasteiger partial charge >= 0.3 is 0 Å². The maximum Gasteiger partial charge on any atom is 0.164 e. The van der Waals surface area contributed by atoms with Crippen molar-refractivity contribution in [3.05, 3.63) is 151 Å². The Morgan fingerprint density at radius 1 is 0.467 bits per heavy atom. The van der Waals surface area contributed by atoms with Gasteiger partial charge in [-0.05, 0) is 61.4 Å². The summed E-state index contributed by atoms with van der Waals surface area (Å²) in [7, 11) is 0. The molecule has 5 aromatic carbocycles. The van der Waals surface area contributed by atoms with Crippen LogP contribution in [0.2, 0.25) is 0 Å². The monoisotopic (exact) mass is 579 g/mol. The smallest absolute Gasteiger partial charge is 0.164 e. The second-order valence-corrected chi connectivity index (χ2v) is 11.4. The molecule has 0 saturated heterocycles. The third-order valence-corrected chi connectivity index (χ3v) is 8.22. The van der Waals surface area contributed by atoms with Crippen LogP contribution in [-0.2, 0) is 0 Å². The number of hydrogen-bond donors (Lipinski definition) is 0. The van der Waals surface area contributed by atoms with Gasteiger partial charge in [0.25, 0.3) is 0 Å². The Balaban J connectivity index is 1.43. The van der Waals surface area contributed by atoms with E-state index in [1.807, 2.05) is 79.0 Å². The minimum atomic E-state index is 0.615. The Bertz CT molecular complexity index is 2210. The topological polar surface area (TPSA) is 56.5 Å². The number of rotatable bonds is 5. The zero-order valence-corrected chi connectivity index (χ0v) is 25.0. The van der Waals surface area contributed by atoms with Gasteiger partial charge in [0, 0.05) is 39.2 Å². The standard InChI is InChI=1S/C40H29N5/c1-26-16-19-31-32-20-17-27(2)24-36(32)45(35(31)23-26)37-25-30(18-21-33(37)34-15-9-10-22-41-34)40-43-38(28-11-5-3-6-12-28)42-39(44-40)29-13-7-4-8-14-29/h3-25H,1-2H3. The Labute approximate surface area is 261 Å². The number of hydrogen-bond acceptors (Lipinski definition) is 4. The molecule has 0 spiro atoms. The van der Waals surface area contributed by atoms with Gasteiger partial charge < -0.3 is 4.57 Å². The number of aromatic nitrogens is 5. The van der Waals surface area contributed by atoms with Crippen molar-refractivity contribution in [3.8, 4) is 51.1 Å². The van der Waals surface area contributed by atoms with E-state index in [0.29, 0.717) is 17.5 Å². The molecule has 45 heavy (non-hydrogen) atoms. The van der Waals surface area contributed by atoms with E-state index in [4.69, 9.17) is 19.9 Å². The SMILES string of the molecule is Cc1ccc2c3ccc(C)cc3n(-c3cc(-c4nc(-c5ccccc5)nc(-c5ccccc5)n4)ccc3-c3ccccn3)c2c1. The summed E-state index contributed by atoms with van der Waals surface area (Å²) in [6.45, 7) is 4.29. The lowest BCUT2D eigenvalue weighted by Crippen LogP contribution is -2.02. The van der Waals surface area contributed by atoms with E-state index in [9.17, 15) is 0 Å². The number of pyridine rings is 1. The van der Waals surface area contributed by atoms with Crippen LogP contribution in [0.15, 0.2) is 140 Å².